The van der Waals surface area contributed by atoms with Crippen LogP contribution in [0, 0.1) is 0 Å². The molecule has 0 radical (unpaired) electrons. The van der Waals surface area contributed by atoms with Crippen LogP contribution in [0.25, 0.3) is 0 Å². The van der Waals surface area contributed by atoms with Crippen LogP contribution in [-0.4, -0.2) is 35.2 Å². The van der Waals surface area contributed by atoms with E-state index in [1.54, 1.807) is 24.3 Å². The molecule has 0 spiro atoms. The van der Waals surface area contributed by atoms with E-state index in [0.29, 0.717) is 17.5 Å². The number of carbonyl (C=O) groups excluding carboxylic acids is 3. The van der Waals surface area contributed by atoms with Gasteiger partial charge in [-0.15, -0.1) is 0 Å². The molecule has 1 fully saturated rings. The summed E-state index contributed by atoms with van der Waals surface area (Å²) in [5.41, 5.74) is 0.895. The monoisotopic (exact) mass is 230 g/mol. The van der Waals surface area contributed by atoms with Crippen molar-refractivity contribution < 1.29 is 14.4 Å². The number of amides is 3. The van der Waals surface area contributed by atoms with E-state index in [1.165, 1.54) is 4.90 Å². The van der Waals surface area contributed by atoms with Crippen molar-refractivity contribution in [3.63, 3.8) is 0 Å². The summed E-state index contributed by atoms with van der Waals surface area (Å²) in [7, 11) is 0. The lowest BCUT2D eigenvalue weighted by Gasteiger charge is -2.29. The maximum Gasteiger partial charge on any atom is 0.261 e. The van der Waals surface area contributed by atoms with E-state index in [9.17, 15) is 14.4 Å². The summed E-state index contributed by atoms with van der Waals surface area (Å²) in [5, 5.41) is 2.65. The average Bonchev–Trinajstić information content (AvgIpc) is 2.53. The Morgan fingerprint density at radius 1 is 1.12 bits per heavy atom. The first kappa shape index (κ1) is 10.0. The van der Waals surface area contributed by atoms with Crippen molar-refractivity contribution in [1.29, 1.82) is 0 Å². The van der Waals surface area contributed by atoms with Crippen molar-refractivity contribution in [3.8, 4) is 0 Å². The van der Waals surface area contributed by atoms with Crippen LogP contribution < -0.4 is 5.32 Å². The molecule has 1 atom stereocenters. The molecule has 0 bridgehead atoms. The van der Waals surface area contributed by atoms with E-state index in [0.717, 1.165) is 0 Å². The Kier molecular flexibility index (Phi) is 2.01. The Labute approximate surface area is 97.4 Å². The molecule has 1 aromatic carbocycles. The number of benzene rings is 1. The van der Waals surface area contributed by atoms with Gasteiger partial charge in [0.25, 0.3) is 11.8 Å². The van der Waals surface area contributed by atoms with Gasteiger partial charge in [-0.25, -0.2) is 0 Å². The van der Waals surface area contributed by atoms with Crippen LogP contribution in [-0.2, 0) is 4.79 Å². The third-order valence-corrected chi connectivity index (χ3v) is 3.08. The van der Waals surface area contributed by atoms with Crippen LogP contribution in [0.4, 0.5) is 0 Å². The Morgan fingerprint density at radius 2 is 1.65 bits per heavy atom. The highest BCUT2D eigenvalue weighted by molar-refractivity contribution is 6.21. The van der Waals surface area contributed by atoms with Gasteiger partial charge in [-0.3, -0.25) is 19.3 Å². The van der Waals surface area contributed by atoms with Crippen molar-refractivity contribution in [2.75, 3.05) is 6.54 Å². The number of β-lactam (4-membered cyclic amide) rings is 1. The van der Waals surface area contributed by atoms with E-state index in [2.05, 4.69) is 5.32 Å². The number of hydrogen-bond donors (Lipinski definition) is 1. The Balaban J connectivity index is 1.83. The number of nitrogens with zero attached hydrogens (tertiary/aromatic N) is 1. The third kappa shape index (κ3) is 1.43. The molecule has 2 heterocycles. The molecule has 2 aliphatic heterocycles. The molecule has 1 N–H and O–H groups in total. The summed E-state index contributed by atoms with van der Waals surface area (Å²) in [6.07, 6.45) is 0.382. The van der Waals surface area contributed by atoms with Gasteiger partial charge in [0.1, 0.15) is 0 Å². The Morgan fingerprint density at radius 3 is 2.12 bits per heavy atom. The summed E-state index contributed by atoms with van der Waals surface area (Å²) >= 11 is 0. The van der Waals surface area contributed by atoms with Crippen molar-refractivity contribution in [2.45, 2.75) is 12.5 Å². The SMILES string of the molecule is O=C1CC(CN2C(=O)c3ccccc3C2=O)N1. The molecule has 0 aromatic heterocycles. The average molecular weight is 230 g/mol. The highest BCUT2D eigenvalue weighted by Crippen LogP contribution is 2.23. The number of rotatable bonds is 2. The number of fused-ring (bicyclic) bond motifs is 1. The number of carbonyl (C=O) groups is 3. The lowest BCUT2D eigenvalue weighted by molar-refractivity contribution is -0.128. The van der Waals surface area contributed by atoms with Crippen LogP contribution in [0.1, 0.15) is 27.1 Å². The zero-order valence-corrected chi connectivity index (χ0v) is 8.97. The van der Waals surface area contributed by atoms with Crippen LogP contribution in [0.3, 0.4) is 0 Å². The lowest BCUT2D eigenvalue weighted by atomic mass is 10.1. The van der Waals surface area contributed by atoms with Gasteiger partial charge < -0.3 is 5.32 Å². The van der Waals surface area contributed by atoms with E-state index >= 15 is 0 Å². The summed E-state index contributed by atoms with van der Waals surface area (Å²) in [4.78, 5) is 35.9. The van der Waals surface area contributed by atoms with Crippen molar-refractivity contribution in [1.82, 2.24) is 10.2 Å². The zero-order chi connectivity index (χ0) is 12.0. The first-order chi connectivity index (χ1) is 8.16. The molecular weight excluding hydrogens is 220 g/mol. The summed E-state index contributed by atoms with van der Waals surface area (Å²) in [6.45, 7) is 0.262. The maximum absolute atomic E-state index is 12.0. The molecule has 5 heteroatoms. The molecule has 2 aliphatic rings. The molecule has 1 aromatic rings. The van der Waals surface area contributed by atoms with E-state index < -0.39 is 0 Å². The van der Waals surface area contributed by atoms with Gasteiger partial charge in [0.2, 0.25) is 5.91 Å². The van der Waals surface area contributed by atoms with Crippen LogP contribution >= 0.6 is 0 Å². The third-order valence-electron chi connectivity index (χ3n) is 3.08. The summed E-state index contributed by atoms with van der Waals surface area (Å²) < 4.78 is 0. The van der Waals surface area contributed by atoms with Gasteiger partial charge in [0, 0.05) is 6.42 Å². The van der Waals surface area contributed by atoms with Crippen molar-refractivity contribution >= 4 is 17.7 Å². The molecule has 3 amide bonds. The van der Waals surface area contributed by atoms with Gasteiger partial charge in [0.05, 0.1) is 23.7 Å². The van der Waals surface area contributed by atoms with Crippen molar-refractivity contribution in [3.05, 3.63) is 35.4 Å². The largest absolute Gasteiger partial charge is 0.351 e. The molecule has 1 saturated heterocycles. The fraction of sp³-hybridized carbons (Fsp3) is 0.250. The minimum absolute atomic E-state index is 0.0355. The maximum atomic E-state index is 12.0. The van der Waals surface area contributed by atoms with Crippen LogP contribution in [0.15, 0.2) is 24.3 Å². The van der Waals surface area contributed by atoms with Gasteiger partial charge >= 0.3 is 0 Å². The van der Waals surface area contributed by atoms with Crippen LogP contribution in [0.2, 0.25) is 0 Å². The van der Waals surface area contributed by atoms with Crippen LogP contribution in [0.5, 0.6) is 0 Å². The molecule has 86 valence electrons. The second-order valence-corrected chi connectivity index (χ2v) is 4.24. The molecule has 5 nitrogen and oxygen atoms in total. The lowest BCUT2D eigenvalue weighted by Crippen LogP contribution is -2.55. The summed E-state index contributed by atoms with van der Waals surface area (Å²) in [5.74, 6) is -0.579. The minimum atomic E-state index is -0.272. The molecule has 1 unspecified atom stereocenters. The molecule has 3 rings (SSSR count). The van der Waals surface area contributed by atoms with Crippen molar-refractivity contribution in [2.24, 2.45) is 0 Å². The predicted molar refractivity (Wildman–Crippen MR) is 58.4 cm³/mol. The van der Waals surface area contributed by atoms with E-state index in [1.807, 2.05) is 0 Å². The molecule has 0 saturated carbocycles. The predicted octanol–water partition coefficient (Wildman–Crippen LogP) is 0.171. The first-order valence-corrected chi connectivity index (χ1v) is 5.41. The highest BCUT2D eigenvalue weighted by atomic mass is 16.2. The van der Waals surface area contributed by atoms with Gasteiger partial charge in [-0.2, -0.15) is 0 Å². The Hall–Kier alpha value is -2.17. The van der Waals surface area contributed by atoms with E-state index in [4.69, 9.17) is 0 Å². The quantitative estimate of drug-likeness (QED) is 0.581. The fourth-order valence-corrected chi connectivity index (χ4v) is 2.17. The second-order valence-electron chi connectivity index (χ2n) is 4.24. The van der Waals surface area contributed by atoms with E-state index in [-0.39, 0.29) is 30.3 Å². The van der Waals surface area contributed by atoms with Gasteiger partial charge in [0.15, 0.2) is 0 Å². The molecular formula is C12H10N2O3. The number of nitrogens with one attached hydrogen (secondary N) is 1. The molecule has 0 aliphatic carbocycles. The zero-order valence-electron chi connectivity index (χ0n) is 8.97. The number of hydrogen-bond acceptors (Lipinski definition) is 3. The second kappa shape index (κ2) is 3.41. The topological polar surface area (TPSA) is 66.5 Å². The smallest absolute Gasteiger partial charge is 0.261 e. The number of imide groups is 1. The summed E-state index contributed by atoms with van der Waals surface area (Å²) in [6, 6.07) is 6.67. The fourth-order valence-electron chi connectivity index (χ4n) is 2.17. The minimum Gasteiger partial charge on any atom is -0.351 e. The van der Waals surface area contributed by atoms with Gasteiger partial charge in [-0.05, 0) is 12.1 Å². The molecule has 17 heavy (non-hydrogen) atoms. The van der Waals surface area contributed by atoms with Gasteiger partial charge in [-0.1, -0.05) is 12.1 Å². The highest BCUT2D eigenvalue weighted by Gasteiger charge is 2.38. The normalized spacial score (nSPS) is 22.2. The standard InChI is InChI=1S/C12H10N2O3/c15-10-5-7(13-10)6-14-11(16)8-3-1-2-4-9(8)12(14)17/h1-4,7H,5-6H2,(H,13,15). The first-order valence-electron chi connectivity index (χ1n) is 5.41. The Bertz CT molecular complexity index is 495.